The van der Waals surface area contributed by atoms with E-state index < -0.39 is 0 Å². The average molecular weight is 232 g/mol. The van der Waals surface area contributed by atoms with Crippen molar-refractivity contribution in [2.45, 2.75) is 6.42 Å². The van der Waals surface area contributed by atoms with Crippen LogP contribution in [-0.2, 0) is 6.42 Å². The number of halogens is 1. The minimum atomic E-state index is 0.0713. The first kappa shape index (κ1) is 7.31. The van der Waals surface area contributed by atoms with Gasteiger partial charge >= 0.3 is 0 Å². The molecule has 0 atom stereocenters. The van der Waals surface area contributed by atoms with Gasteiger partial charge in [0.2, 0.25) is 0 Å². The van der Waals surface area contributed by atoms with E-state index in [0.29, 0.717) is 0 Å². The molecule has 2 heterocycles. The summed E-state index contributed by atoms with van der Waals surface area (Å²) in [5, 5.41) is 2.80. The molecule has 0 spiro atoms. The third-order valence-corrected chi connectivity index (χ3v) is 3.34. The molecule has 11 heavy (non-hydrogen) atoms. The maximum Gasteiger partial charge on any atom is 0.261 e. The summed E-state index contributed by atoms with van der Waals surface area (Å²) >= 11 is 4.86. The van der Waals surface area contributed by atoms with E-state index in [0.717, 1.165) is 21.6 Å². The van der Waals surface area contributed by atoms with E-state index in [-0.39, 0.29) is 5.91 Å². The van der Waals surface area contributed by atoms with Gasteiger partial charge in [-0.2, -0.15) is 0 Å². The van der Waals surface area contributed by atoms with Crippen molar-refractivity contribution in [1.82, 2.24) is 5.32 Å². The Hall–Kier alpha value is -0.350. The number of nitrogens with one attached hydrogen (secondary N) is 1. The molecule has 0 radical (unpaired) electrons. The van der Waals surface area contributed by atoms with Gasteiger partial charge in [-0.1, -0.05) is 0 Å². The van der Waals surface area contributed by atoms with Gasteiger partial charge in [-0.3, -0.25) is 4.79 Å². The number of fused-ring (bicyclic) bond motifs is 1. The number of rotatable bonds is 0. The molecule has 58 valence electrons. The summed E-state index contributed by atoms with van der Waals surface area (Å²) < 4.78 is 1.04. The highest BCUT2D eigenvalue weighted by atomic mass is 79.9. The maximum absolute atomic E-state index is 11.2. The molecule has 1 aromatic rings. The molecule has 0 fully saturated rings. The van der Waals surface area contributed by atoms with E-state index in [1.165, 1.54) is 16.9 Å². The minimum Gasteiger partial charge on any atom is -0.351 e. The topological polar surface area (TPSA) is 29.1 Å². The minimum absolute atomic E-state index is 0.0713. The Morgan fingerprint density at radius 1 is 1.64 bits per heavy atom. The summed E-state index contributed by atoms with van der Waals surface area (Å²) in [7, 11) is 0. The van der Waals surface area contributed by atoms with Crippen LogP contribution < -0.4 is 5.32 Å². The van der Waals surface area contributed by atoms with Gasteiger partial charge in [-0.05, 0) is 34.0 Å². The maximum atomic E-state index is 11.2. The quantitative estimate of drug-likeness (QED) is 0.726. The van der Waals surface area contributed by atoms with Gasteiger partial charge in [0, 0.05) is 6.54 Å². The van der Waals surface area contributed by atoms with Crippen LogP contribution in [0.1, 0.15) is 15.2 Å². The number of carbonyl (C=O) groups excluding carboxylic acids is 1. The molecule has 1 N–H and O–H groups in total. The van der Waals surface area contributed by atoms with E-state index >= 15 is 0 Å². The molecule has 0 aromatic carbocycles. The number of amides is 1. The highest BCUT2D eigenvalue weighted by molar-refractivity contribution is 9.11. The van der Waals surface area contributed by atoms with Crippen LogP contribution >= 0.6 is 27.3 Å². The van der Waals surface area contributed by atoms with Gasteiger partial charge in [0.15, 0.2) is 0 Å². The summed E-state index contributed by atoms with van der Waals surface area (Å²) in [6.45, 7) is 0.773. The second kappa shape index (κ2) is 2.60. The molecular formula is C7H6BrNOS. The second-order valence-corrected chi connectivity index (χ2v) is 4.84. The third-order valence-electron chi connectivity index (χ3n) is 1.67. The number of thiophene rings is 1. The lowest BCUT2D eigenvalue weighted by Gasteiger charge is -2.10. The molecule has 0 unspecified atom stereocenters. The summed E-state index contributed by atoms with van der Waals surface area (Å²) in [4.78, 5) is 12.0. The lowest BCUT2D eigenvalue weighted by Crippen LogP contribution is -2.30. The van der Waals surface area contributed by atoms with E-state index in [1.54, 1.807) is 0 Å². The Kier molecular flexibility index (Phi) is 1.73. The zero-order valence-electron chi connectivity index (χ0n) is 5.69. The van der Waals surface area contributed by atoms with Gasteiger partial charge in [0.25, 0.3) is 5.91 Å². The normalized spacial score (nSPS) is 15.9. The highest BCUT2D eigenvalue weighted by Crippen LogP contribution is 2.28. The van der Waals surface area contributed by atoms with Crippen LogP contribution in [0.15, 0.2) is 9.85 Å². The second-order valence-electron chi connectivity index (χ2n) is 2.41. The van der Waals surface area contributed by atoms with Crippen molar-refractivity contribution in [2.75, 3.05) is 6.54 Å². The molecule has 0 saturated carbocycles. The van der Waals surface area contributed by atoms with E-state index in [4.69, 9.17) is 0 Å². The van der Waals surface area contributed by atoms with Gasteiger partial charge in [-0.25, -0.2) is 0 Å². The third kappa shape index (κ3) is 1.20. The fourth-order valence-electron chi connectivity index (χ4n) is 1.16. The molecule has 0 aliphatic carbocycles. The average Bonchev–Trinajstić information content (AvgIpc) is 2.31. The number of carbonyl (C=O) groups is 1. The SMILES string of the molecule is O=C1NCCc2cc(Br)sc21. The highest BCUT2D eigenvalue weighted by Gasteiger charge is 2.18. The Morgan fingerprint density at radius 2 is 2.45 bits per heavy atom. The predicted molar refractivity (Wildman–Crippen MR) is 48.1 cm³/mol. The van der Waals surface area contributed by atoms with Crippen LogP contribution in [0, 0.1) is 0 Å². The van der Waals surface area contributed by atoms with Gasteiger partial charge in [0.1, 0.15) is 0 Å². The fraction of sp³-hybridized carbons (Fsp3) is 0.286. The summed E-state index contributed by atoms with van der Waals surface area (Å²) in [6, 6.07) is 2.03. The molecule has 2 nitrogen and oxygen atoms in total. The molecule has 4 heteroatoms. The van der Waals surface area contributed by atoms with E-state index in [2.05, 4.69) is 21.2 Å². The Labute approximate surface area is 76.7 Å². The molecule has 1 amide bonds. The summed E-state index contributed by atoms with van der Waals surface area (Å²) in [6.07, 6.45) is 0.961. The lowest BCUT2D eigenvalue weighted by atomic mass is 10.1. The number of hydrogen-bond donors (Lipinski definition) is 1. The zero-order valence-corrected chi connectivity index (χ0v) is 8.09. The van der Waals surface area contributed by atoms with Gasteiger partial charge in [-0.15, -0.1) is 11.3 Å². The first-order valence-corrected chi connectivity index (χ1v) is 4.95. The molecule has 1 aromatic heterocycles. The van der Waals surface area contributed by atoms with Crippen LogP contribution in [0.3, 0.4) is 0 Å². The largest absolute Gasteiger partial charge is 0.351 e. The van der Waals surface area contributed by atoms with Gasteiger partial charge < -0.3 is 5.32 Å². The van der Waals surface area contributed by atoms with Crippen molar-refractivity contribution >= 4 is 33.2 Å². The van der Waals surface area contributed by atoms with Crippen LogP contribution in [0.4, 0.5) is 0 Å². The van der Waals surface area contributed by atoms with Crippen molar-refractivity contribution in [3.63, 3.8) is 0 Å². The van der Waals surface area contributed by atoms with Crippen molar-refractivity contribution < 1.29 is 4.79 Å². The monoisotopic (exact) mass is 231 g/mol. The molecular weight excluding hydrogens is 226 g/mol. The molecule has 1 aliphatic rings. The van der Waals surface area contributed by atoms with E-state index in [9.17, 15) is 4.79 Å². The van der Waals surface area contributed by atoms with Crippen LogP contribution in [0.2, 0.25) is 0 Å². The van der Waals surface area contributed by atoms with Crippen molar-refractivity contribution in [1.29, 1.82) is 0 Å². The van der Waals surface area contributed by atoms with Crippen LogP contribution in [0.25, 0.3) is 0 Å². The van der Waals surface area contributed by atoms with Crippen LogP contribution in [-0.4, -0.2) is 12.5 Å². The molecule has 0 saturated heterocycles. The first-order valence-electron chi connectivity index (χ1n) is 3.34. The number of hydrogen-bond acceptors (Lipinski definition) is 2. The van der Waals surface area contributed by atoms with Crippen LogP contribution in [0.5, 0.6) is 0 Å². The Balaban J connectivity index is 2.52. The van der Waals surface area contributed by atoms with E-state index in [1.807, 2.05) is 6.07 Å². The lowest BCUT2D eigenvalue weighted by molar-refractivity contribution is 0.0950. The first-order chi connectivity index (χ1) is 5.27. The van der Waals surface area contributed by atoms with Gasteiger partial charge in [0.05, 0.1) is 8.66 Å². The Morgan fingerprint density at radius 3 is 3.18 bits per heavy atom. The van der Waals surface area contributed by atoms with Crippen molar-refractivity contribution in [3.05, 3.63) is 20.3 Å². The molecule has 1 aliphatic heterocycles. The summed E-state index contributed by atoms with van der Waals surface area (Å²) in [5.74, 6) is 0.0713. The fourth-order valence-corrected chi connectivity index (χ4v) is 2.78. The predicted octanol–water partition coefficient (Wildman–Crippen LogP) is 1.80. The smallest absolute Gasteiger partial charge is 0.261 e. The zero-order chi connectivity index (χ0) is 7.84. The standard InChI is InChI=1S/C7H6BrNOS/c8-5-3-4-1-2-9-7(10)6(4)11-5/h3H,1-2H2,(H,9,10). The van der Waals surface area contributed by atoms with Crippen molar-refractivity contribution in [2.24, 2.45) is 0 Å². The van der Waals surface area contributed by atoms with Crippen molar-refractivity contribution in [3.8, 4) is 0 Å². The Bertz CT molecular complexity index is 307. The summed E-state index contributed by atoms with van der Waals surface area (Å²) in [5.41, 5.74) is 1.17. The molecule has 2 rings (SSSR count). The molecule has 0 bridgehead atoms.